The maximum Gasteiger partial charge on any atom is 0.264 e. The Morgan fingerprint density at radius 1 is 0.892 bits per heavy atom. The van der Waals surface area contributed by atoms with Gasteiger partial charge >= 0.3 is 0 Å². The summed E-state index contributed by atoms with van der Waals surface area (Å²) in [6, 6.07) is 19.3. The minimum absolute atomic E-state index is 0.0635. The number of para-hydroxylation sites is 2. The molecule has 194 valence electrons. The van der Waals surface area contributed by atoms with Gasteiger partial charge in [-0.3, -0.25) is 13.9 Å². The lowest BCUT2D eigenvalue weighted by Gasteiger charge is -2.25. The third-order valence-corrected chi connectivity index (χ3v) is 7.87. The number of methoxy groups -OCH3 is 2. The smallest absolute Gasteiger partial charge is 0.264 e. The van der Waals surface area contributed by atoms with Crippen molar-refractivity contribution in [1.29, 1.82) is 0 Å². The average Bonchev–Trinajstić information content (AvgIpc) is 3.47. The highest BCUT2D eigenvalue weighted by atomic mass is 32.2. The fourth-order valence-electron chi connectivity index (χ4n) is 4.20. The first-order chi connectivity index (χ1) is 17.8. The fourth-order valence-corrected chi connectivity index (χ4v) is 5.64. The zero-order valence-corrected chi connectivity index (χ0v) is 21.5. The number of amides is 2. The summed E-state index contributed by atoms with van der Waals surface area (Å²) in [5.41, 5.74) is 1.02. The van der Waals surface area contributed by atoms with Gasteiger partial charge in [0.2, 0.25) is 5.91 Å². The Bertz CT molecular complexity index is 1370. The molecule has 1 fully saturated rings. The van der Waals surface area contributed by atoms with Gasteiger partial charge in [-0.1, -0.05) is 30.3 Å². The highest BCUT2D eigenvalue weighted by molar-refractivity contribution is 7.92. The van der Waals surface area contributed by atoms with Crippen molar-refractivity contribution in [3.63, 3.8) is 0 Å². The molecular formula is C27H29N3O6S. The molecule has 3 aromatic rings. The van der Waals surface area contributed by atoms with Crippen LogP contribution in [0.5, 0.6) is 11.5 Å². The highest BCUT2D eigenvalue weighted by Crippen LogP contribution is 2.32. The van der Waals surface area contributed by atoms with Gasteiger partial charge < -0.3 is 19.7 Å². The number of hydrogen-bond donors (Lipinski definition) is 1. The lowest BCUT2D eigenvalue weighted by atomic mass is 10.1. The predicted molar refractivity (Wildman–Crippen MR) is 141 cm³/mol. The van der Waals surface area contributed by atoms with Crippen LogP contribution in [0.2, 0.25) is 0 Å². The number of ether oxygens (including phenoxy) is 2. The second-order valence-corrected chi connectivity index (χ2v) is 10.3. The van der Waals surface area contributed by atoms with Crippen molar-refractivity contribution in [3.05, 3.63) is 78.4 Å². The standard InChI is InChI=1S/C27H29N3O6S/c1-35-24-15-14-21(18-25(24)36-2)37(33,34)30(20-10-4-3-5-11-20)19-26(31)28-23-13-7-6-12-22(23)27(32)29-16-8-9-17-29/h3-7,10-15,18H,8-9,16-17,19H2,1-2H3,(H,28,31). The summed E-state index contributed by atoms with van der Waals surface area (Å²) in [6.45, 7) is 0.839. The van der Waals surface area contributed by atoms with E-state index < -0.39 is 22.5 Å². The normalized spacial score (nSPS) is 13.2. The molecule has 9 nitrogen and oxygen atoms in total. The Labute approximate surface area is 216 Å². The zero-order chi connectivity index (χ0) is 26.4. The Balaban J connectivity index is 1.63. The van der Waals surface area contributed by atoms with Crippen LogP contribution in [0.1, 0.15) is 23.2 Å². The Morgan fingerprint density at radius 3 is 2.22 bits per heavy atom. The number of nitrogens with one attached hydrogen (secondary N) is 1. The van der Waals surface area contributed by atoms with E-state index in [-0.39, 0.29) is 16.6 Å². The van der Waals surface area contributed by atoms with Gasteiger partial charge in [-0.25, -0.2) is 8.42 Å². The summed E-state index contributed by atoms with van der Waals surface area (Å²) in [5, 5.41) is 2.74. The molecule has 1 saturated heterocycles. The van der Waals surface area contributed by atoms with Gasteiger partial charge in [0.15, 0.2) is 11.5 Å². The summed E-state index contributed by atoms with van der Waals surface area (Å²) < 4.78 is 39.0. The first-order valence-electron chi connectivity index (χ1n) is 11.8. The molecule has 37 heavy (non-hydrogen) atoms. The second kappa shape index (κ2) is 11.3. The van der Waals surface area contributed by atoms with Gasteiger partial charge in [0, 0.05) is 19.2 Å². The van der Waals surface area contributed by atoms with Crippen LogP contribution >= 0.6 is 0 Å². The summed E-state index contributed by atoms with van der Waals surface area (Å²) in [5.74, 6) is -0.124. The lowest BCUT2D eigenvalue weighted by molar-refractivity contribution is -0.114. The van der Waals surface area contributed by atoms with Crippen molar-refractivity contribution in [2.45, 2.75) is 17.7 Å². The largest absolute Gasteiger partial charge is 0.493 e. The molecule has 0 radical (unpaired) electrons. The minimum Gasteiger partial charge on any atom is -0.493 e. The van der Waals surface area contributed by atoms with Crippen molar-refractivity contribution in [2.24, 2.45) is 0 Å². The van der Waals surface area contributed by atoms with E-state index in [1.165, 1.54) is 32.4 Å². The third kappa shape index (κ3) is 5.69. The molecule has 2 amide bonds. The lowest BCUT2D eigenvalue weighted by Crippen LogP contribution is -2.38. The van der Waals surface area contributed by atoms with E-state index in [9.17, 15) is 18.0 Å². The van der Waals surface area contributed by atoms with E-state index >= 15 is 0 Å². The third-order valence-electron chi connectivity index (χ3n) is 6.10. The van der Waals surface area contributed by atoms with Gasteiger partial charge in [-0.05, 0) is 49.2 Å². The Hall–Kier alpha value is -4.05. The van der Waals surface area contributed by atoms with Gasteiger partial charge in [-0.15, -0.1) is 0 Å². The van der Waals surface area contributed by atoms with Crippen molar-refractivity contribution in [3.8, 4) is 11.5 Å². The van der Waals surface area contributed by atoms with Crippen LogP contribution in [0.4, 0.5) is 11.4 Å². The van der Waals surface area contributed by atoms with Gasteiger partial charge in [0.25, 0.3) is 15.9 Å². The maximum absolute atomic E-state index is 13.7. The van der Waals surface area contributed by atoms with Gasteiger partial charge in [0.1, 0.15) is 6.54 Å². The molecule has 0 spiro atoms. The monoisotopic (exact) mass is 523 g/mol. The van der Waals surface area contributed by atoms with Crippen molar-refractivity contribution in [1.82, 2.24) is 4.90 Å². The second-order valence-electron chi connectivity index (χ2n) is 8.46. The van der Waals surface area contributed by atoms with E-state index in [0.29, 0.717) is 35.8 Å². The maximum atomic E-state index is 13.7. The van der Waals surface area contributed by atoms with Crippen LogP contribution < -0.4 is 19.1 Å². The van der Waals surface area contributed by atoms with Crippen LogP contribution in [0, 0.1) is 0 Å². The van der Waals surface area contributed by atoms with Gasteiger partial charge in [0.05, 0.1) is 36.1 Å². The topological polar surface area (TPSA) is 105 Å². The van der Waals surface area contributed by atoms with Crippen molar-refractivity contribution >= 4 is 33.2 Å². The summed E-state index contributed by atoms with van der Waals surface area (Å²) in [4.78, 5) is 27.9. The molecule has 4 rings (SSSR count). The van der Waals surface area contributed by atoms with E-state index in [4.69, 9.17) is 9.47 Å². The van der Waals surface area contributed by atoms with Crippen LogP contribution in [-0.4, -0.2) is 59.0 Å². The number of nitrogens with zero attached hydrogens (tertiary/aromatic N) is 2. The number of hydrogen-bond acceptors (Lipinski definition) is 6. The molecule has 3 aromatic carbocycles. The van der Waals surface area contributed by atoms with E-state index in [2.05, 4.69) is 5.32 Å². The highest BCUT2D eigenvalue weighted by Gasteiger charge is 2.29. The van der Waals surface area contributed by atoms with Crippen molar-refractivity contribution in [2.75, 3.05) is 43.5 Å². The molecule has 1 aliphatic heterocycles. The molecule has 0 aliphatic carbocycles. The van der Waals surface area contributed by atoms with Crippen molar-refractivity contribution < 1.29 is 27.5 Å². The van der Waals surface area contributed by atoms with E-state index in [1.54, 1.807) is 59.5 Å². The first kappa shape index (κ1) is 26.0. The molecule has 1 N–H and O–H groups in total. The average molecular weight is 524 g/mol. The van der Waals surface area contributed by atoms with Crippen LogP contribution in [0.15, 0.2) is 77.7 Å². The number of likely N-dealkylation sites (tertiary alicyclic amines) is 1. The van der Waals surface area contributed by atoms with E-state index in [0.717, 1.165) is 17.1 Å². The number of sulfonamides is 1. The van der Waals surface area contributed by atoms with Crippen LogP contribution in [0.3, 0.4) is 0 Å². The zero-order valence-electron chi connectivity index (χ0n) is 20.7. The number of rotatable bonds is 9. The quantitative estimate of drug-likeness (QED) is 0.458. The minimum atomic E-state index is -4.18. The molecular weight excluding hydrogens is 494 g/mol. The van der Waals surface area contributed by atoms with Crippen LogP contribution in [0.25, 0.3) is 0 Å². The Kier molecular flexibility index (Phi) is 7.98. The molecule has 0 bridgehead atoms. The molecule has 1 aliphatic rings. The SMILES string of the molecule is COc1ccc(S(=O)(=O)N(CC(=O)Nc2ccccc2C(=O)N2CCCC2)c2ccccc2)cc1OC. The number of anilines is 2. The molecule has 0 atom stereocenters. The first-order valence-corrected chi connectivity index (χ1v) is 13.3. The van der Waals surface area contributed by atoms with Crippen LogP contribution in [-0.2, 0) is 14.8 Å². The molecule has 0 unspecified atom stereocenters. The number of carbonyl (C=O) groups excluding carboxylic acids is 2. The summed E-state index contributed by atoms with van der Waals surface area (Å²) in [7, 11) is -1.31. The number of benzene rings is 3. The molecule has 1 heterocycles. The molecule has 0 aromatic heterocycles. The summed E-state index contributed by atoms with van der Waals surface area (Å²) >= 11 is 0. The number of carbonyl (C=O) groups is 2. The Morgan fingerprint density at radius 2 is 1.54 bits per heavy atom. The van der Waals surface area contributed by atoms with E-state index in [1.807, 2.05) is 0 Å². The predicted octanol–water partition coefficient (Wildman–Crippen LogP) is 3.77. The molecule has 10 heteroatoms. The van der Waals surface area contributed by atoms with Gasteiger partial charge in [-0.2, -0.15) is 0 Å². The molecule has 0 saturated carbocycles. The fraction of sp³-hybridized carbons (Fsp3) is 0.259. The summed E-state index contributed by atoms with van der Waals surface area (Å²) in [6.07, 6.45) is 1.89.